The number of aromatic nitrogens is 3. The van der Waals surface area contributed by atoms with Crippen molar-refractivity contribution in [3.05, 3.63) is 107 Å². The van der Waals surface area contributed by atoms with Crippen LogP contribution in [-0.2, 0) is 21.4 Å². The summed E-state index contributed by atoms with van der Waals surface area (Å²) in [5.74, 6) is -3.82. The smallest absolute Gasteiger partial charge is 0.264 e. The Labute approximate surface area is 209 Å². The molecular weight excluding hydrogens is 505 g/mol. The lowest BCUT2D eigenvalue weighted by molar-refractivity contribution is -0.114. The van der Waals surface area contributed by atoms with Gasteiger partial charge in [-0.05, 0) is 55.0 Å². The lowest BCUT2D eigenvalue weighted by Gasteiger charge is -2.07. The zero-order chi connectivity index (χ0) is 26.3. The van der Waals surface area contributed by atoms with E-state index in [-0.39, 0.29) is 0 Å². The molecule has 5 aromatic rings. The summed E-state index contributed by atoms with van der Waals surface area (Å²) in [5.41, 5.74) is 3.28. The largest absolute Gasteiger partial charge is 0.341 e. The van der Waals surface area contributed by atoms with Gasteiger partial charge in [-0.15, -0.1) is 0 Å². The molecule has 0 aliphatic heterocycles. The van der Waals surface area contributed by atoms with Crippen molar-refractivity contribution in [3.63, 3.8) is 0 Å². The maximum atomic E-state index is 14.4. The number of amides is 1. The molecule has 0 radical (unpaired) electrons. The molecule has 3 aromatic heterocycles. The van der Waals surface area contributed by atoms with Crippen LogP contribution in [0.1, 0.15) is 16.8 Å². The van der Waals surface area contributed by atoms with Gasteiger partial charge in [-0.1, -0.05) is 6.07 Å². The fourth-order valence-electron chi connectivity index (χ4n) is 4.17. The molecule has 1 amide bonds. The highest BCUT2D eigenvalue weighted by Gasteiger charge is 2.19. The van der Waals surface area contributed by atoms with Crippen LogP contribution in [0, 0.1) is 24.4 Å². The van der Waals surface area contributed by atoms with Crippen LogP contribution in [0.3, 0.4) is 0 Å². The van der Waals surface area contributed by atoms with Crippen LogP contribution in [0.2, 0.25) is 0 Å². The lowest BCUT2D eigenvalue weighted by atomic mass is 10.1. The minimum Gasteiger partial charge on any atom is -0.341 e. The quantitative estimate of drug-likeness (QED) is 0.330. The third-order valence-corrected chi connectivity index (χ3v) is 7.03. The van der Waals surface area contributed by atoms with Gasteiger partial charge in [-0.25, -0.2) is 31.3 Å². The molecule has 37 heavy (non-hydrogen) atoms. The van der Waals surface area contributed by atoms with Crippen LogP contribution >= 0.6 is 0 Å². The van der Waals surface area contributed by atoms with E-state index in [1.807, 2.05) is 52.7 Å². The van der Waals surface area contributed by atoms with Crippen molar-refractivity contribution in [3.8, 4) is 0 Å². The number of benzene rings is 2. The van der Waals surface area contributed by atoms with Gasteiger partial charge < -0.3 is 8.97 Å². The highest BCUT2D eigenvalue weighted by molar-refractivity contribution is 7.90. The number of carbonyl (C=O) groups is 1. The highest BCUT2D eigenvalue weighted by atomic mass is 32.2. The molecule has 0 saturated carbocycles. The third kappa shape index (κ3) is 4.98. The van der Waals surface area contributed by atoms with Crippen molar-refractivity contribution in [1.82, 2.24) is 18.7 Å². The average Bonchev–Trinajstić information content (AvgIpc) is 3.36. The van der Waals surface area contributed by atoms with Gasteiger partial charge >= 0.3 is 0 Å². The van der Waals surface area contributed by atoms with E-state index in [0.717, 1.165) is 23.0 Å². The van der Waals surface area contributed by atoms with Gasteiger partial charge in [0.05, 0.1) is 22.7 Å². The second-order valence-electron chi connectivity index (χ2n) is 8.44. The predicted octanol–water partition coefficient (Wildman–Crippen LogP) is 4.58. The van der Waals surface area contributed by atoms with Crippen LogP contribution < -0.4 is 4.72 Å². The molecule has 0 fully saturated rings. The Kier molecular flexibility index (Phi) is 6.08. The molecule has 0 atom stereocenters. The van der Waals surface area contributed by atoms with Gasteiger partial charge in [0.25, 0.3) is 15.9 Å². The standard InChI is InChI=1S/C26H19F3N4O3S/c1-16-13-33(15-21-14-32-7-3-2-4-24(32)30-21)26-17(8-18(27)12-23(16)26)5-6-25(34)31-37(35,36)22-10-19(28)9-20(29)11-22/h2-14H,15H2,1H3,(H,31,34)/b6-5+. The second kappa shape index (κ2) is 9.25. The maximum absolute atomic E-state index is 14.4. The number of pyridine rings is 1. The third-order valence-electron chi connectivity index (χ3n) is 5.71. The number of hydrogen-bond donors (Lipinski definition) is 1. The molecule has 0 aliphatic rings. The van der Waals surface area contributed by atoms with Gasteiger partial charge in [0, 0.05) is 41.7 Å². The van der Waals surface area contributed by atoms with Crippen LogP contribution in [0.25, 0.3) is 22.6 Å². The predicted molar refractivity (Wildman–Crippen MR) is 132 cm³/mol. The number of imidazole rings is 1. The first-order valence-electron chi connectivity index (χ1n) is 11.0. The van der Waals surface area contributed by atoms with Crippen LogP contribution in [-0.4, -0.2) is 28.3 Å². The fraction of sp³-hybridized carbons (Fsp3) is 0.0769. The average molecular weight is 525 g/mol. The summed E-state index contributed by atoms with van der Waals surface area (Å²) >= 11 is 0. The van der Waals surface area contributed by atoms with Crippen LogP contribution in [0.5, 0.6) is 0 Å². The molecule has 7 nitrogen and oxygen atoms in total. The molecule has 3 heterocycles. The molecule has 188 valence electrons. The van der Waals surface area contributed by atoms with E-state index in [2.05, 4.69) is 4.98 Å². The minimum atomic E-state index is -4.54. The van der Waals surface area contributed by atoms with Crippen molar-refractivity contribution >= 4 is 38.6 Å². The molecule has 5 rings (SSSR count). The number of fused-ring (bicyclic) bond motifs is 2. The Hall–Kier alpha value is -4.38. The van der Waals surface area contributed by atoms with E-state index in [9.17, 15) is 26.4 Å². The topological polar surface area (TPSA) is 85.5 Å². The summed E-state index contributed by atoms with van der Waals surface area (Å²) in [6.07, 6.45) is 7.79. The number of nitrogens with zero attached hydrogens (tertiary/aromatic N) is 3. The first-order valence-corrected chi connectivity index (χ1v) is 12.5. The van der Waals surface area contributed by atoms with E-state index in [1.165, 1.54) is 18.2 Å². The Bertz CT molecular complexity index is 1770. The van der Waals surface area contributed by atoms with Gasteiger partial charge in [-0.3, -0.25) is 4.79 Å². The summed E-state index contributed by atoms with van der Waals surface area (Å²) in [6, 6.07) is 9.93. The number of sulfonamides is 1. The SMILES string of the molecule is Cc1cn(Cc2cn3ccccc3n2)c2c(/C=C/C(=O)NS(=O)(=O)c3cc(F)cc(F)c3)cc(F)cc12. The lowest BCUT2D eigenvalue weighted by Crippen LogP contribution is -2.29. The Morgan fingerprint density at radius 1 is 1.03 bits per heavy atom. The minimum absolute atomic E-state index is 0.330. The number of aryl methyl sites for hydroxylation is 1. The van der Waals surface area contributed by atoms with Gasteiger partial charge in [0.2, 0.25) is 0 Å². The van der Waals surface area contributed by atoms with Crippen LogP contribution in [0.15, 0.2) is 78.1 Å². The van der Waals surface area contributed by atoms with Crippen molar-refractivity contribution in [2.45, 2.75) is 18.4 Å². The van der Waals surface area contributed by atoms with Gasteiger partial charge in [-0.2, -0.15) is 0 Å². The van der Waals surface area contributed by atoms with Crippen LogP contribution in [0.4, 0.5) is 13.2 Å². The van der Waals surface area contributed by atoms with E-state index >= 15 is 0 Å². The normalized spacial score (nSPS) is 12.1. The first kappa shape index (κ1) is 24.3. The zero-order valence-corrected chi connectivity index (χ0v) is 20.1. The Morgan fingerprint density at radius 2 is 1.76 bits per heavy atom. The molecule has 1 N–H and O–H groups in total. The first-order chi connectivity index (χ1) is 17.6. The monoisotopic (exact) mass is 524 g/mol. The number of nitrogens with one attached hydrogen (secondary N) is 1. The number of carbonyl (C=O) groups excluding carboxylic acids is 1. The Balaban J connectivity index is 1.46. The summed E-state index contributed by atoms with van der Waals surface area (Å²) in [4.78, 5) is 16.3. The number of halogens is 3. The van der Waals surface area contributed by atoms with Crippen molar-refractivity contribution in [2.75, 3.05) is 0 Å². The van der Waals surface area contributed by atoms with E-state index in [0.29, 0.717) is 41.2 Å². The molecule has 0 saturated heterocycles. The number of hydrogen-bond acceptors (Lipinski definition) is 4. The summed E-state index contributed by atoms with van der Waals surface area (Å²) < 4.78 is 71.5. The molecule has 11 heteroatoms. The molecule has 0 spiro atoms. The Morgan fingerprint density at radius 3 is 2.49 bits per heavy atom. The summed E-state index contributed by atoms with van der Waals surface area (Å²) in [5, 5.41) is 0.617. The highest BCUT2D eigenvalue weighted by Crippen LogP contribution is 2.28. The molecule has 0 unspecified atom stereocenters. The van der Waals surface area contributed by atoms with Gasteiger partial charge in [0.1, 0.15) is 23.1 Å². The summed E-state index contributed by atoms with van der Waals surface area (Å²) in [6.45, 7) is 2.19. The zero-order valence-electron chi connectivity index (χ0n) is 19.3. The van der Waals surface area contributed by atoms with Crippen molar-refractivity contribution in [1.29, 1.82) is 0 Å². The second-order valence-corrected chi connectivity index (χ2v) is 10.1. The van der Waals surface area contributed by atoms with E-state index in [1.54, 1.807) is 4.72 Å². The maximum Gasteiger partial charge on any atom is 0.264 e. The molecule has 0 aliphatic carbocycles. The van der Waals surface area contributed by atoms with Crippen molar-refractivity contribution in [2.24, 2.45) is 0 Å². The number of rotatable bonds is 6. The van der Waals surface area contributed by atoms with Crippen molar-refractivity contribution < 1.29 is 26.4 Å². The van der Waals surface area contributed by atoms with Gasteiger partial charge in [0.15, 0.2) is 0 Å². The summed E-state index contributed by atoms with van der Waals surface area (Å²) in [7, 11) is -4.54. The molecular formula is C26H19F3N4O3S. The molecule has 2 aromatic carbocycles. The van der Waals surface area contributed by atoms with E-state index in [4.69, 9.17) is 0 Å². The fourth-order valence-corrected chi connectivity index (χ4v) is 5.16. The molecule has 0 bridgehead atoms. The van der Waals surface area contributed by atoms with E-state index < -0.39 is 38.3 Å².